The average Bonchev–Trinajstić information content (AvgIpc) is 3.18. The highest BCUT2D eigenvalue weighted by Crippen LogP contribution is 2.40. The lowest BCUT2D eigenvalue weighted by Gasteiger charge is -2.22. The second-order valence-electron chi connectivity index (χ2n) is 6.90. The minimum atomic E-state index is -3.65. The van der Waals surface area contributed by atoms with Crippen molar-refractivity contribution >= 4 is 38.2 Å². The molecular formula is C21H20ClN3O4S. The highest BCUT2D eigenvalue weighted by molar-refractivity contribution is 7.88. The summed E-state index contributed by atoms with van der Waals surface area (Å²) in [6, 6.07) is 14.1. The number of pyridine rings is 1. The van der Waals surface area contributed by atoms with Gasteiger partial charge in [-0.15, -0.1) is 0 Å². The third-order valence-electron chi connectivity index (χ3n) is 5.00. The van der Waals surface area contributed by atoms with Gasteiger partial charge in [-0.05, 0) is 24.3 Å². The number of fused-ring (bicyclic) bond motifs is 1. The van der Waals surface area contributed by atoms with Gasteiger partial charge in [0, 0.05) is 22.9 Å². The molecule has 4 rings (SSSR count). The van der Waals surface area contributed by atoms with Crippen molar-refractivity contribution in [2.24, 2.45) is 5.10 Å². The Bertz CT molecular complexity index is 1260. The van der Waals surface area contributed by atoms with Crippen molar-refractivity contribution in [1.82, 2.24) is 9.40 Å². The molecule has 1 aromatic heterocycles. The first-order valence-corrected chi connectivity index (χ1v) is 11.4. The van der Waals surface area contributed by atoms with E-state index in [1.807, 2.05) is 42.5 Å². The fourth-order valence-corrected chi connectivity index (χ4v) is 4.80. The van der Waals surface area contributed by atoms with Crippen LogP contribution in [0.3, 0.4) is 0 Å². The fourth-order valence-electron chi connectivity index (χ4n) is 3.64. The third-order valence-corrected chi connectivity index (χ3v) is 6.32. The van der Waals surface area contributed by atoms with Crippen LogP contribution in [0.5, 0.6) is 11.5 Å². The van der Waals surface area contributed by atoms with Crippen molar-refractivity contribution in [3.05, 3.63) is 64.8 Å². The molecule has 0 aliphatic carbocycles. The van der Waals surface area contributed by atoms with Crippen LogP contribution in [-0.4, -0.2) is 44.0 Å². The summed E-state index contributed by atoms with van der Waals surface area (Å²) >= 11 is 6.52. The first kappa shape index (κ1) is 20.4. The second-order valence-corrected chi connectivity index (χ2v) is 9.10. The van der Waals surface area contributed by atoms with Gasteiger partial charge in [0.15, 0.2) is 0 Å². The van der Waals surface area contributed by atoms with Gasteiger partial charge in [0.25, 0.3) is 0 Å². The highest BCUT2D eigenvalue weighted by atomic mass is 35.5. The maximum Gasteiger partial charge on any atom is 0.247 e. The van der Waals surface area contributed by atoms with Gasteiger partial charge in [0.1, 0.15) is 22.2 Å². The number of ether oxygens (including phenoxy) is 2. The number of hydrogen-bond donors (Lipinski definition) is 0. The van der Waals surface area contributed by atoms with E-state index in [0.717, 1.165) is 21.6 Å². The van der Waals surface area contributed by atoms with Crippen LogP contribution in [0.2, 0.25) is 5.15 Å². The number of aromatic nitrogens is 1. The average molecular weight is 446 g/mol. The number of hydrazone groups is 1. The summed E-state index contributed by atoms with van der Waals surface area (Å²) in [6.45, 7) is 0. The van der Waals surface area contributed by atoms with Crippen LogP contribution < -0.4 is 9.47 Å². The van der Waals surface area contributed by atoms with Crippen molar-refractivity contribution in [2.45, 2.75) is 12.5 Å². The maximum atomic E-state index is 12.5. The van der Waals surface area contributed by atoms with Crippen molar-refractivity contribution in [3.63, 3.8) is 0 Å². The SMILES string of the molecule is COc1ccccc1C1=NN(S(C)(=O)=O)[C@@H](c2cc3cccc(OC)c3nc2Cl)C1. The molecule has 9 heteroatoms. The van der Waals surface area contributed by atoms with E-state index in [9.17, 15) is 8.42 Å². The molecule has 0 radical (unpaired) electrons. The number of nitrogens with zero attached hydrogens (tertiary/aromatic N) is 3. The quantitative estimate of drug-likeness (QED) is 0.554. The smallest absolute Gasteiger partial charge is 0.247 e. The Hall–Kier alpha value is -2.84. The highest BCUT2D eigenvalue weighted by Gasteiger charge is 2.37. The molecule has 0 amide bonds. The normalized spacial score (nSPS) is 16.6. The van der Waals surface area contributed by atoms with E-state index in [1.54, 1.807) is 20.3 Å². The van der Waals surface area contributed by atoms with E-state index >= 15 is 0 Å². The fraction of sp³-hybridized carbons (Fsp3) is 0.238. The Morgan fingerprint density at radius 2 is 1.77 bits per heavy atom. The first-order valence-electron chi connectivity index (χ1n) is 9.17. The molecule has 0 fully saturated rings. The molecule has 0 bridgehead atoms. The molecule has 0 spiro atoms. The molecule has 0 saturated carbocycles. The molecule has 1 aliphatic rings. The van der Waals surface area contributed by atoms with Crippen molar-refractivity contribution in [3.8, 4) is 11.5 Å². The van der Waals surface area contributed by atoms with Crippen LogP contribution in [0, 0.1) is 0 Å². The van der Waals surface area contributed by atoms with E-state index in [1.165, 1.54) is 0 Å². The zero-order valence-corrected chi connectivity index (χ0v) is 18.2. The summed E-state index contributed by atoms with van der Waals surface area (Å²) in [5.41, 5.74) is 2.53. The summed E-state index contributed by atoms with van der Waals surface area (Å²) in [6.07, 6.45) is 1.46. The van der Waals surface area contributed by atoms with E-state index in [4.69, 9.17) is 21.1 Å². The van der Waals surface area contributed by atoms with Crippen molar-refractivity contribution < 1.29 is 17.9 Å². The van der Waals surface area contributed by atoms with Gasteiger partial charge in [-0.25, -0.2) is 13.4 Å². The zero-order valence-electron chi connectivity index (χ0n) is 16.7. The van der Waals surface area contributed by atoms with E-state index < -0.39 is 16.1 Å². The van der Waals surface area contributed by atoms with Gasteiger partial charge in [-0.2, -0.15) is 9.52 Å². The van der Waals surface area contributed by atoms with Crippen LogP contribution in [0.25, 0.3) is 10.9 Å². The number of sulfonamides is 1. The standard InChI is InChI=1S/C21H20ClN3O4S/c1-28-18-9-5-4-8-14(18)16-12-17(25(24-16)30(3,26)27)15-11-13-7-6-10-19(29-2)20(13)23-21(15)22/h4-11,17H,12H2,1-3H3/t17-/m1/s1. The molecule has 1 atom stereocenters. The largest absolute Gasteiger partial charge is 0.496 e. The van der Waals surface area contributed by atoms with E-state index in [-0.39, 0.29) is 5.15 Å². The summed E-state index contributed by atoms with van der Waals surface area (Å²) in [5.74, 6) is 1.22. The summed E-state index contributed by atoms with van der Waals surface area (Å²) in [7, 11) is -0.519. The van der Waals surface area contributed by atoms with Crippen LogP contribution in [0.1, 0.15) is 23.6 Å². The van der Waals surface area contributed by atoms with Crippen LogP contribution in [-0.2, 0) is 10.0 Å². The monoisotopic (exact) mass is 445 g/mol. The topological polar surface area (TPSA) is 81.1 Å². The van der Waals surface area contributed by atoms with Crippen LogP contribution in [0.4, 0.5) is 0 Å². The maximum absolute atomic E-state index is 12.5. The molecular weight excluding hydrogens is 426 g/mol. The molecule has 156 valence electrons. The Balaban J connectivity index is 1.83. The Morgan fingerprint density at radius 1 is 1.07 bits per heavy atom. The minimum Gasteiger partial charge on any atom is -0.496 e. The lowest BCUT2D eigenvalue weighted by molar-refractivity contribution is 0.374. The van der Waals surface area contributed by atoms with Gasteiger partial charge in [0.05, 0.1) is 32.2 Å². The Kier molecular flexibility index (Phi) is 5.29. The number of hydrogen-bond acceptors (Lipinski definition) is 6. The summed E-state index contributed by atoms with van der Waals surface area (Å²) in [5, 5.41) is 5.43. The minimum absolute atomic E-state index is 0.210. The Labute approximate surface area is 179 Å². The predicted molar refractivity (Wildman–Crippen MR) is 117 cm³/mol. The van der Waals surface area contributed by atoms with Gasteiger partial charge in [-0.1, -0.05) is 35.9 Å². The summed E-state index contributed by atoms with van der Waals surface area (Å²) < 4.78 is 36.9. The van der Waals surface area contributed by atoms with E-state index in [2.05, 4.69) is 10.1 Å². The zero-order chi connectivity index (χ0) is 21.5. The van der Waals surface area contributed by atoms with Gasteiger partial charge < -0.3 is 9.47 Å². The molecule has 0 unspecified atom stereocenters. The molecule has 3 aromatic rings. The number of halogens is 1. The molecule has 0 N–H and O–H groups in total. The number of benzene rings is 2. The molecule has 30 heavy (non-hydrogen) atoms. The third kappa shape index (κ3) is 3.57. The van der Waals surface area contributed by atoms with E-state index in [0.29, 0.717) is 34.7 Å². The molecule has 2 heterocycles. The lowest BCUT2D eigenvalue weighted by atomic mass is 9.98. The molecule has 1 aliphatic heterocycles. The molecule has 2 aromatic carbocycles. The van der Waals surface area contributed by atoms with Crippen LogP contribution in [0.15, 0.2) is 53.6 Å². The second kappa shape index (κ2) is 7.77. The van der Waals surface area contributed by atoms with Crippen LogP contribution >= 0.6 is 11.6 Å². The van der Waals surface area contributed by atoms with Gasteiger partial charge in [0.2, 0.25) is 10.0 Å². The van der Waals surface area contributed by atoms with Gasteiger partial charge in [-0.3, -0.25) is 0 Å². The first-order chi connectivity index (χ1) is 14.3. The Morgan fingerprint density at radius 3 is 2.47 bits per heavy atom. The number of para-hydroxylation sites is 2. The lowest BCUT2D eigenvalue weighted by Crippen LogP contribution is -2.26. The van der Waals surface area contributed by atoms with Crippen molar-refractivity contribution in [2.75, 3.05) is 20.5 Å². The van der Waals surface area contributed by atoms with Crippen molar-refractivity contribution in [1.29, 1.82) is 0 Å². The number of methoxy groups -OCH3 is 2. The molecule has 0 saturated heterocycles. The summed E-state index contributed by atoms with van der Waals surface area (Å²) in [4.78, 5) is 4.48. The number of rotatable bonds is 5. The van der Waals surface area contributed by atoms with Gasteiger partial charge >= 0.3 is 0 Å². The predicted octanol–water partition coefficient (Wildman–Crippen LogP) is 4.02. The molecule has 7 nitrogen and oxygen atoms in total.